The zero-order valence-corrected chi connectivity index (χ0v) is 12.6. The number of anilines is 1. The maximum absolute atomic E-state index is 12.4. The van der Waals surface area contributed by atoms with Crippen LogP contribution in [-0.4, -0.2) is 13.0 Å². The summed E-state index contributed by atoms with van der Waals surface area (Å²) in [6.45, 7) is 6.52. The molecule has 2 aromatic carbocycles. The van der Waals surface area contributed by atoms with Gasteiger partial charge in [-0.25, -0.2) is 0 Å². The molecule has 104 valence electrons. The lowest BCUT2D eigenvalue weighted by Crippen LogP contribution is -2.26. The van der Waals surface area contributed by atoms with Crippen molar-refractivity contribution in [1.82, 2.24) is 0 Å². The van der Waals surface area contributed by atoms with Gasteiger partial charge in [-0.15, -0.1) is 0 Å². The van der Waals surface area contributed by atoms with Gasteiger partial charge in [0, 0.05) is 18.3 Å². The van der Waals surface area contributed by atoms with Crippen LogP contribution in [0.4, 0.5) is 5.69 Å². The van der Waals surface area contributed by atoms with E-state index in [0.717, 1.165) is 5.69 Å². The van der Waals surface area contributed by atoms with Gasteiger partial charge in [-0.3, -0.25) is 4.79 Å². The quantitative estimate of drug-likeness (QED) is 0.796. The fourth-order valence-electron chi connectivity index (χ4n) is 2.07. The van der Waals surface area contributed by atoms with Crippen molar-refractivity contribution < 1.29 is 4.79 Å². The molecule has 0 aromatic heterocycles. The number of hydrogen-bond donors (Lipinski definition) is 0. The monoisotopic (exact) mass is 267 g/mol. The molecule has 0 aliphatic carbocycles. The number of rotatable bonds is 2. The van der Waals surface area contributed by atoms with E-state index in [0.29, 0.717) is 5.56 Å². The summed E-state index contributed by atoms with van der Waals surface area (Å²) in [6.07, 6.45) is 0. The van der Waals surface area contributed by atoms with Gasteiger partial charge in [0.1, 0.15) is 0 Å². The lowest BCUT2D eigenvalue weighted by Gasteiger charge is -2.23. The first-order valence-corrected chi connectivity index (χ1v) is 6.83. The minimum atomic E-state index is 0.0108. The van der Waals surface area contributed by atoms with Crippen LogP contribution in [0.1, 0.15) is 36.7 Å². The van der Waals surface area contributed by atoms with Crippen LogP contribution >= 0.6 is 0 Å². The van der Waals surface area contributed by atoms with Gasteiger partial charge in [0.05, 0.1) is 0 Å². The predicted molar refractivity (Wildman–Crippen MR) is 84.3 cm³/mol. The second kappa shape index (κ2) is 5.49. The number of hydrogen-bond acceptors (Lipinski definition) is 1. The lowest BCUT2D eigenvalue weighted by atomic mass is 9.87. The van der Waals surface area contributed by atoms with Crippen LogP contribution in [0.3, 0.4) is 0 Å². The highest BCUT2D eigenvalue weighted by atomic mass is 16.2. The van der Waals surface area contributed by atoms with E-state index in [-0.39, 0.29) is 11.3 Å². The fraction of sp³-hybridized carbons (Fsp3) is 0.278. The van der Waals surface area contributed by atoms with Crippen LogP contribution in [0.25, 0.3) is 0 Å². The molecule has 2 nitrogen and oxygen atoms in total. The van der Waals surface area contributed by atoms with Crippen LogP contribution < -0.4 is 4.90 Å². The van der Waals surface area contributed by atoms with E-state index >= 15 is 0 Å². The Balaban J connectivity index is 2.30. The van der Waals surface area contributed by atoms with E-state index in [9.17, 15) is 4.79 Å². The zero-order valence-electron chi connectivity index (χ0n) is 12.6. The SMILES string of the molecule is CN(C(=O)c1ccccc1)c1cccc(C(C)(C)C)c1. The van der Waals surface area contributed by atoms with Crippen molar-refractivity contribution in [3.63, 3.8) is 0 Å². The van der Waals surface area contributed by atoms with Crippen molar-refractivity contribution in [2.75, 3.05) is 11.9 Å². The van der Waals surface area contributed by atoms with E-state index in [4.69, 9.17) is 0 Å². The average molecular weight is 267 g/mol. The summed E-state index contributed by atoms with van der Waals surface area (Å²) in [7, 11) is 1.82. The zero-order chi connectivity index (χ0) is 14.8. The molecule has 0 heterocycles. The number of carbonyl (C=O) groups is 1. The summed E-state index contributed by atoms with van der Waals surface area (Å²) in [6, 6.07) is 17.5. The molecule has 0 N–H and O–H groups in total. The largest absolute Gasteiger partial charge is 0.311 e. The molecule has 20 heavy (non-hydrogen) atoms. The highest BCUT2D eigenvalue weighted by Gasteiger charge is 2.17. The summed E-state index contributed by atoms with van der Waals surface area (Å²) in [5, 5.41) is 0. The molecule has 0 aliphatic heterocycles. The van der Waals surface area contributed by atoms with Gasteiger partial charge >= 0.3 is 0 Å². The highest BCUT2D eigenvalue weighted by Crippen LogP contribution is 2.26. The molecule has 0 saturated heterocycles. The third-order valence-electron chi connectivity index (χ3n) is 3.42. The van der Waals surface area contributed by atoms with Crippen molar-refractivity contribution in [3.8, 4) is 0 Å². The van der Waals surface area contributed by atoms with Gasteiger partial charge in [-0.05, 0) is 35.2 Å². The topological polar surface area (TPSA) is 20.3 Å². The molecule has 2 heteroatoms. The second-order valence-electron chi connectivity index (χ2n) is 6.03. The molecule has 2 aromatic rings. The van der Waals surface area contributed by atoms with Gasteiger partial charge in [0.15, 0.2) is 0 Å². The van der Waals surface area contributed by atoms with Crippen molar-refractivity contribution in [2.24, 2.45) is 0 Å². The molecular formula is C18H21NO. The van der Waals surface area contributed by atoms with Crippen LogP contribution in [0.2, 0.25) is 0 Å². The predicted octanol–water partition coefficient (Wildman–Crippen LogP) is 4.26. The summed E-state index contributed by atoms with van der Waals surface area (Å²) < 4.78 is 0. The lowest BCUT2D eigenvalue weighted by molar-refractivity contribution is 0.0993. The molecule has 0 bridgehead atoms. The molecule has 1 amide bonds. The number of carbonyl (C=O) groups excluding carboxylic acids is 1. The highest BCUT2D eigenvalue weighted by molar-refractivity contribution is 6.05. The minimum Gasteiger partial charge on any atom is -0.311 e. The van der Waals surface area contributed by atoms with Crippen LogP contribution in [-0.2, 0) is 5.41 Å². The Morgan fingerprint density at radius 2 is 1.60 bits per heavy atom. The Bertz CT molecular complexity index is 596. The molecule has 0 spiro atoms. The van der Waals surface area contributed by atoms with E-state index in [1.54, 1.807) is 4.90 Å². The van der Waals surface area contributed by atoms with E-state index in [1.165, 1.54) is 5.56 Å². The van der Waals surface area contributed by atoms with E-state index in [1.807, 2.05) is 49.5 Å². The Kier molecular flexibility index (Phi) is 3.93. The molecule has 0 fully saturated rings. The van der Waals surface area contributed by atoms with Crippen LogP contribution in [0, 0.1) is 0 Å². The first-order chi connectivity index (χ1) is 9.39. The van der Waals surface area contributed by atoms with Gasteiger partial charge in [-0.2, -0.15) is 0 Å². The third kappa shape index (κ3) is 3.08. The second-order valence-corrected chi connectivity index (χ2v) is 6.03. The molecule has 0 aliphatic rings. The smallest absolute Gasteiger partial charge is 0.258 e. The molecule has 0 atom stereocenters. The van der Waals surface area contributed by atoms with Gasteiger partial charge in [-0.1, -0.05) is 51.1 Å². The molecule has 0 unspecified atom stereocenters. The molecule has 0 saturated carbocycles. The number of nitrogens with zero attached hydrogens (tertiary/aromatic N) is 1. The summed E-state index contributed by atoms with van der Waals surface area (Å²) in [5.41, 5.74) is 2.93. The van der Waals surface area contributed by atoms with Crippen molar-refractivity contribution in [3.05, 3.63) is 65.7 Å². The van der Waals surface area contributed by atoms with Crippen LogP contribution in [0.5, 0.6) is 0 Å². The Morgan fingerprint density at radius 3 is 2.20 bits per heavy atom. The van der Waals surface area contributed by atoms with Crippen molar-refractivity contribution >= 4 is 11.6 Å². The molecule has 0 radical (unpaired) electrons. The Morgan fingerprint density at radius 1 is 0.950 bits per heavy atom. The van der Waals surface area contributed by atoms with E-state index < -0.39 is 0 Å². The molecular weight excluding hydrogens is 246 g/mol. The van der Waals surface area contributed by atoms with Gasteiger partial charge in [0.25, 0.3) is 5.91 Å². The maximum atomic E-state index is 12.4. The van der Waals surface area contributed by atoms with Crippen molar-refractivity contribution in [1.29, 1.82) is 0 Å². The summed E-state index contributed by atoms with van der Waals surface area (Å²) in [5.74, 6) is 0.0108. The van der Waals surface area contributed by atoms with Gasteiger partial charge in [0.2, 0.25) is 0 Å². The standard InChI is InChI=1S/C18H21NO/c1-18(2,3)15-11-8-12-16(13-15)19(4)17(20)14-9-6-5-7-10-14/h5-13H,1-4H3. The number of amides is 1. The first-order valence-electron chi connectivity index (χ1n) is 6.83. The third-order valence-corrected chi connectivity index (χ3v) is 3.42. The average Bonchev–Trinajstić information content (AvgIpc) is 2.46. The number of benzene rings is 2. The van der Waals surface area contributed by atoms with Gasteiger partial charge < -0.3 is 4.90 Å². The fourth-order valence-corrected chi connectivity index (χ4v) is 2.07. The van der Waals surface area contributed by atoms with Crippen molar-refractivity contribution in [2.45, 2.75) is 26.2 Å². The minimum absolute atomic E-state index is 0.0108. The van der Waals surface area contributed by atoms with E-state index in [2.05, 4.69) is 32.9 Å². The summed E-state index contributed by atoms with van der Waals surface area (Å²) >= 11 is 0. The first kappa shape index (κ1) is 14.3. The Hall–Kier alpha value is -2.09. The normalized spacial score (nSPS) is 11.2. The summed E-state index contributed by atoms with van der Waals surface area (Å²) in [4.78, 5) is 14.1. The van der Waals surface area contributed by atoms with Crippen LogP contribution in [0.15, 0.2) is 54.6 Å². The maximum Gasteiger partial charge on any atom is 0.258 e. The molecule has 2 rings (SSSR count). The Labute approximate surface area is 121 Å².